The Kier molecular flexibility index (Phi) is 4.48. The Morgan fingerprint density at radius 1 is 1.41 bits per heavy atom. The molecule has 0 unspecified atom stereocenters. The fourth-order valence-corrected chi connectivity index (χ4v) is 3.15. The average molecular weight is 324 g/mol. The van der Waals surface area contributed by atoms with Crippen molar-refractivity contribution in [1.82, 2.24) is 5.32 Å². The van der Waals surface area contributed by atoms with Gasteiger partial charge in [0, 0.05) is 22.8 Å². The molecule has 0 saturated heterocycles. The lowest BCUT2D eigenvalue weighted by molar-refractivity contribution is -0.122. The Morgan fingerprint density at radius 3 is 2.68 bits per heavy atom. The van der Waals surface area contributed by atoms with E-state index >= 15 is 0 Å². The van der Waals surface area contributed by atoms with Crippen molar-refractivity contribution in [1.29, 1.82) is 0 Å². The van der Waals surface area contributed by atoms with Gasteiger partial charge < -0.3 is 15.8 Å². The van der Waals surface area contributed by atoms with Crippen LogP contribution in [-0.2, 0) is 16.1 Å². The van der Waals surface area contributed by atoms with E-state index in [1.807, 2.05) is 0 Å². The number of hydrogen-bond acceptors (Lipinski definition) is 4. The first kappa shape index (κ1) is 16.4. The molecule has 118 valence electrons. The summed E-state index contributed by atoms with van der Waals surface area (Å²) in [7, 11) is 1.47. The minimum absolute atomic E-state index is 0.0979. The van der Waals surface area contributed by atoms with Crippen LogP contribution in [0.4, 0.5) is 4.39 Å². The maximum Gasteiger partial charge on any atom is 0.262 e. The molecule has 1 heterocycles. The second-order valence-corrected chi connectivity index (χ2v) is 6.45. The lowest BCUT2D eigenvalue weighted by Crippen LogP contribution is -2.53. The third kappa shape index (κ3) is 2.95. The molecule has 5 nitrogen and oxygen atoms in total. The largest absolute Gasteiger partial charge is 0.380 e. The number of rotatable bonds is 5. The molecule has 1 aromatic carbocycles. The number of thiophene rings is 1. The van der Waals surface area contributed by atoms with E-state index < -0.39 is 23.2 Å². The summed E-state index contributed by atoms with van der Waals surface area (Å²) in [5.74, 6) is -1.54. The highest BCUT2D eigenvalue weighted by Gasteiger charge is 2.30. The molecule has 0 aliphatic rings. The molecule has 0 saturated carbocycles. The molecule has 2 rings (SSSR count). The first-order valence-corrected chi connectivity index (χ1v) is 7.41. The summed E-state index contributed by atoms with van der Waals surface area (Å²) in [6.45, 7) is 3.12. The maximum atomic E-state index is 14.1. The van der Waals surface area contributed by atoms with Gasteiger partial charge in [-0.1, -0.05) is 6.07 Å². The average Bonchev–Trinajstić information content (AvgIpc) is 2.79. The Labute approximate surface area is 131 Å². The summed E-state index contributed by atoms with van der Waals surface area (Å²) in [6.07, 6.45) is 0. The monoisotopic (exact) mass is 324 g/mol. The predicted octanol–water partition coefficient (Wildman–Crippen LogP) is 2.18. The molecular formula is C15H17FN2O3S. The molecule has 7 heteroatoms. The van der Waals surface area contributed by atoms with Crippen LogP contribution in [0.1, 0.15) is 29.1 Å². The van der Waals surface area contributed by atoms with Crippen molar-refractivity contribution in [2.45, 2.75) is 26.0 Å². The number of nitrogens with one attached hydrogen (secondary N) is 1. The molecular weight excluding hydrogens is 307 g/mol. The third-order valence-corrected chi connectivity index (χ3v) is 4.50. The summed E-state index contributed by atoms with van der Waals surface area (Å²) in [5.41, 5.74) is 4.53. The Balaban J connectivity index is 2.51. The van der Waals surface area contributed by atoms with Gasteiger partial charge in [-0.15, -0.1) is 11.3 Å². The number of halogens is 1. The van der Waals surface area contributed by atoms with Crippen LogP contribution in [0.25, 0.3) is 10.1 Å². The minimum atomic E-state index is -1.20. The normalized spacial score (nSPS) is 11.6. The van der Waals surface area contributed by atoms with E-state index in [-0.39, 0.29) is 6.61 Å². The molecule has 0 bridgehead atoms. The summed E-state index contributed by atoms with van der Waals surface area (Å²) in [5, 5.41) is 2.94. The molecule has 2 aromatic rings. The predicted molar refractivity (Wildman–Crippen MR) is 83.2 cm³/mol. The molecule has 22 heavy (non-hydrogen) atoms. The number of fused-ring (bicyclic) bond motifs is 1. The Hall–Kier alpha value is -1.99. The van der Waals surface area contributed by atoms with E-state index in [1.54, 1.807) is 12.1 Å². The Bertz CT molecular complexity index is 740. The molecule has 0 aliphatic carbocycles. The number of methoxy groups -OCH3 is 1. The number of amides is 2. The summed E-state index contributed by atoms with van der Waals surface area (Å²) in [4.78, 5) is 24.1. The topological polar surface area (TPSA) is 81.4 Å². The zero-order valence-corrected chi connectivity index (χ0v) is 13.3. The lowest BCUT2D eigenvalue weighted by Gasteiger charge is -2.22. The first-order chi connectivity index (χ1) is 10.3. The van der Waals surface area contributed by atoms with E-state index in [9.17, 15) is 14.0 Å². The van der Waals surface area contributed by atoms with Crippen LogP contribution in [-0.4, -0.2) is 24.5 Å². The number of carbonyl (C=O) groups is 2. The van der Waals surface area contributed by atoms with E-state index in [0.29, 0.717) is 20.5 Å². The van der Waals surface area contributed by atoms with Crippen LogP contribution in [0, 0.1) is 5.82 Å². The van der Waals surface area contributed by atoms with Gasteiger partial charge in [0.1, 0.15) is 11.4 Å². The molecule has 0 atom stereocenters. The lowest BCUT2D eigenvalue weighted by atomic mass is 10.0. The van der Waals surface area contributed by atoms with E-state index in [2.05, 4.69) is 5.32 Å². The van der Waals surface area contributed by atoms with Crippen LogP contribution >= 0.6 is 11.3 Å². The quantitative estimate of drug-likeness (QED) is 0.884. The van der Waals surface area contributed by atoms with Crippen molar-refractivity contribution < 1.29 is 18.7 Å². The van der Waals surface area contributed by atoms with Crippen molar-refractivity contribution in [3.05, 3.63) is 34.5 Å². The van der Waals surface area contributed by atoms with Gasteiger partial charge in [-0.05, 0) is 26.0 Å². The second kappa shape index (κ2) is 6.02. The number of hydrogen-bond donors (Lipinski definition) is 2. The highest BCUT2D eigenvalue weighted by atomic mass is 32.1. The van der Waals surface area contributed by atoms with Gasteiger partial charge >= 0.3 is 0 Å². The van der Waals surface area contributed by atoms with Crippen LogP contribution in [0.3, 0.4) is 0 Å². The van der Waals surface area contributed by atoms with Crippen molar-refractivity contribution in [3.63, 3.8) is 0 Å². The minimum Gasteiger partial charge on any atom is -0.380 e. The molecule has 0 aliphatic heterocycles. The van der Waals surface area contributed by atoms with Crippen LogP contribution < -0.4 is 11.1 Å². The summed E-state index contributed by atoms with van der Waals surface area (Å²) < 4.78 is 19.8. The zero-order valence-electron chi connectivity index (χ0n) is 12.5. The maximum absolute atomic E-state index is 14.1. The number of carbonyl (C=O) groups excluding carboxylic acids is 2. The van der Waals surface area contributed by atoms with Crippen LogP contribution in [0.15, 0.2) is 18.2 Å². The smallest absolute Gasteiger partial charge is 0.262 e. The second-order valence-electron chi connectivity index (χ2n) is 5.40. The van der Waals surface area contributed by atoms with Crippen molar-refractivity contribution >= 4 is 33.2 Å². The fraction of sp³-hybridized carbons (Fsp3) is 0.333. The summed E-state index contributed by atoms with van der Waals surface area (Å²) in [6, 6.07) is 4.65. The molecule has 0 spiro atoms. The Morgan fingerprint density at radius 2 is 2.09 bits per heavy atom. The van der Waals surface area contributed by atoms with E-state index in [1.165, 1.54) is 27.0 Å². The van der Waals surface area contributed by atoms with Gasteiger partial charge in [0.15, 0.2) is 0 Å². The number of nitrogens with two attached hydrogens (primary N) is 1. The van der Waals surface area contributed by atoms with Crippen molar-refractivity contribution in [2.75, 3.05) is 7.11 Å². The molecule has 1 aromatic heterocycles. The van der Waals surface area contributed by atoms with Crippen molar-refractivity contribution in [3.8, 4) is 0 Å². The van der Waals surface area contributed by atoms with E-state index in [0.717, 1.165) is 11.3 Å². The van der Waals surface area contributed by atoms with Gasteiger partial charge in [0.05, 0.1) is 11.5 Å². The van der Waals surface area contributed by atoms with Gasteiger partial charge in [-0.3, -0.25) is 9.59 Å². The number of benzene rings is 1. The highest BCUT2D eigenvalue weighted by molar-refractivity contribution is 7.21. The standard InChI is InChI=1S/C15H17FN2O3S/c1-15(2,14(17)20)18-13(19)12-8(7-21-3)11-9(16)5-4-6-10(11)22-12/h4-6H,7H2,1-3H3,(H2,17,20)(H,18,19). The van der Waals surface area contributed by atoms with Gasteiger partial charge in [-0.2, -0.15) is 0 Å². The van der Waals surface area contributed by atoms with Gasteiger partial charge in [-0.25, -0.2) is 4.39 Å². The summed E-state index contributed by atoms with van der Waals surface area (Å²) >= 11 is 1.15. The number of ether oxygens (including phenoxy) is 1. The van der Waals surface area contributed by atoms with Crippen LogP contribution in [0.5, 0.6) is 0 Å². The molecule has 2 amide bonds. The van der Waals surface area contributed by atoms with Gasteiger partial charge in [0.2, 0.25) is 5.91 Å². The number of primary amides is 1. The SMILES string of the molecule is COCc1c(C(=O)NC(C)(C)C(N)=O)sc2cccc(F)c12. The molecule has 0 radical (unpaired) electrons. The zero-order chi connectivity index (χ0) is 16.5. The molecule has 3 N–H and O–H groups in total. The van der Waals surface area contributed by atoms with Crippen LogP contribution in [0.2, 0.25) is 0 Å². The first-order valence-electron chi connectivity index (χ1n) is 6.59. The molecule has 0 fully saturated rings. The third-order valence-electron chi connectivity index (χ3n) is 3.30. The van der Waals surface area contributed by atoms with E-state index in [4.69, 9.17) is 10.5 Å². The van der Waals surface area contributed by atoms with Crippen molar-refractivity contribution in [2.24, 2.45) is 5.73 Å². The van der Waals surface area contributed by atoms with Gasteiger partial charge in [0.25, 0.3) is 5.91 Å². The highest BCUT2D eigenvalue weighted by Crippen LogP contribution is 2.34. The fourth-order valence-electron chi connectivity index (χ4n) is 2.03.